The van der Waals surface area contributed by atoms with E-state index in [1.54, 1.807) is 0 Å². The lowest BCUT2D eigenvalue weighted by atomic mass is 10.0. The van der Waals surface area contributed by atoms with Crippen molar-refractivity contribution in [3.8, 4) is 0 Å². The van der Waals surface area contributed by atoms with E-state index < -0.39 is 11.6 Å². The topological polar surface area (TPSA) is 38.5 Å². The molecule has 2 N–H and O–H groups in total. The molecule has 100 valence electrons. The maximum Gasteiger partial charge on any atom is 0.126 e. The zero-order valence-electron chi connectivity index (χ0n) is 10.4. The van der Waals surface area contributed by atoms with Crippen molar-refractivity contribution in [1.29, 1.82) is 0 Å². The van der Waals surface area contributed by atoms with Crippen molar-refractivity contribution in [2.45, 2.75) is 18.5 Å². The lowest BCUT2D eigenvalue weighted by Crippen LogP contribution is -2.39. The second kappa shape index (κ2) is 5.73. The molecule has 0 aliphatic carbocycles. The molecule has 0 spiro atoms. The molecule has 0 amide bonds. The van der Waals surface area contributed by atoms with E-state index in [2.05, 4.69) is 0 Å². The number of halogens is 2. The summed E-state index contributed by atoms with van der Waals surface area (Å²) in [6, 6.07) is 3.61. The van der Waals surface area contributed by atoms with Gasteiger partial charge in [0.15, 0.2) is 0 Å². The standard InChI is InChI=1S/C13H18F2N2O/c1-17(12-2-3-18-8-12)13(7-16)9-4-10(14)6-11(15)5-9/h4-6,12-13H,2-3,7-8,16H2,1H3. The van der Waals surface area contributed by atoms with Crippen LogP contribution < -0.4 is 5.73 Å². The van der Waals surface area contributed by atoms with Gasteiger partial charge in [0.25, 0.3) is 0 Å². The van der Waals surface area contributed by atoms with Crippen molar-refractivity contribution in [2.24, 2.45) is 5.73 Å². The minimum Gasteiger partial charge on any atom is -0.380 e. The van der Waals surface area contributed by atoms with E-state index >= 15 is 0 Å². The molecule has 1 aliphatic rings. The SMILES string of the molecule is CN(C1CCOC1)C(CN)c1cc(F)cc(F)c1. The van der Waals surface area contributed by atoms with Gasteiger partial charge in [0.05, 0.1) is 6.61 Å². The Balaban J connectivity index is 2.20. The van der Waals surface area contributed by atoms with E-state index in [1.807, 2.05) is 11.9 Å². The number of rotatable bonds is 4. The second-order valence-corrected chi connectivity index (χ2v) is 4.64. The summed E-state index contributed by atoms with van der Waals surface area (Å²) >= 11 is 0. The van der Waals surface area contributed by atoms with Crippen LogP contribution in [-0.2, 0) is 4.74 Å². The predicted octanol–water partition coefficient (Wildman–Crippen LogP) is 1.69. The molecule has 1 fully saturated rings. The van der Waals surface area contributed by atoms with Crippen LogP contribution in [0.15, 0.2) is 18.2 Å². The van der Waals surface area contributed by atoms with Gasteiger partial charge in [-0.05, 0) is 31.2 Å². The summed E-state index contributed by atoms with van der Waals surface area (Å²) < 4.78 is 31.8. The van der Waals surface area contributed by atoms with Crippen LogP contribution in [0.2, 0.25) is 0 Å². The van der Waals surface area contributed by atoms with Gasteiger partial charge in [0, 0.05) is 31.3 Å². The summed E-state index contributed by atoms with van der Waals surface area (Å²) in [5, 5.41) is 0. The van der Waals surface area contributed by atoms with E-state index in [0.29, 0.717) is 18.7 Å². The van der Waals surface area contributed by atoms with Crippen LogP contribution in [0.25, 0.3) is 0 Å². The average Bonchev–Trinajstić information content (AvgIpc) is 2.81. The number of nitrogens with zero attached hydrogens (tertiary/aromatic N) is 1. The molecule has 1 aliphatic heterocycles. The van der Waals surface area contributed by atoms with Crippen molar-refractivity contribution in [1.82, 2.24) is 4.90 Å². The maximum absolute atomic E-state index is 13.2. The Morgan fingerprint density at radius 1 is 1.39 bits per heavy atom. The third-order valence-electron chi connectivity index (χ3n) is 3.47. The van der Waals surface area contributed by atoms with Gasteiger partial charge in [0.2, 0.25) is 0 Å². The number of hydrogen-bond acceptors (Lipinski definition) is 3. The molecule has 5 heteroatoms. The van der Waals surface area contributed by atoms with Crippen molar-refractivity contribution >= 4 is 0 Å². The van der Waals surface area contributed by atoms with Crippen LogP contribution in [0.4, 0.5) is 8.78 Å². The first kappa shape index (κ1) is 13.4. The molecule has 0 radical (unpaired) electrons. The normalized spacial score (nSPS) is 21.5. The molecule has 2 rings (SSSR count). The first-order valence-electron chi connectivity index (χ1n) is 6.07. The largest absolute Gasteiger partial charge is 0.380 e. The summed E-state index contributed by atoms with van der Waals surface area (Å²) in [7, 11) is 1.92. The van der Waals surface area contributed by atoms with Gasteiger partial charge in [-0.25, -0.2) is 8.78 Å². The highest BCUT2D eigenvalue weighted by molar-refractivity contribution is 5.22. The zero-order valence-corrected chi connectivity index (χ0v) is 10.4. The third kappa shape index (κ3) is 2.85. The highest BCUT2D eigenvalue weighted by atomic mass is 19.1. The van der Waals surface area contributed by atoms with Crippen LogP contribution in [0, 0.1) is 11.6 Å². The summed E-state index contributed by atoms with van der Waals surface area (Å²) in [6.07, 6.45) is 0.921. The second-order valence-electron chi connectivity index (χ2n) is 4.64. The Kier molecular flexibility index (Phi) is 4.27. The lowest BCUT2D eigenvalue weighted by molar-refractivity contribution is 0.134. The molecule has 1 aromatic rings. The number of benzene rings is 1. The van der Waals surface area contributed by atoms with E-state index in [9.17, 15) is 8.78 Å². The molecule has 0 aromatic heterocycles. The Hall–Kier alpha value is -1.04. The van der Waals surface area contributed by atoms with Crippen LogP contribution in [0.5, 0.6) is 0 Å². The maximum atomic E-state index is 13.2. The van der Waals surface area contributed by atoms with E-state index in [-0.39, 0.29) is 12.1 Å². The fourth-order valence-electron chi connectivity index (χ4n) is 2.40. The molecule has 1 aromatic carbocycles. The Bertz CT molecular complexity index is 388. The van der Waals surface area contributed by atoms with Gasteiger partial charge in [-0.15, -0.1) is 0 Å². The van der Waals surface area contributed by atoms with Crippen molar-refractivity contribution < 1.29 is 13.5 Å². The molecular weight excluding hydrogens is 238 g/mol. The average molecular weight is 256 g/mol. The van der Waals surface area contributed by atoms with Gasteiger partial charge in [-0.2, -0.15) is 0 Å². The Labute approximate surface area is 106 Å². The highest BCUT2D eigenvalue weighted by Gasteiger charge is 2.27. The van der Waals surface area contributed by atoms with E-state index in [1.165, 1.54) is 12.1 Å². The smallest absolute Gasteiger partial charge is 0.126 e. The minimum atomic E-state index is -0.570. The molecule has 18 heavy (non-hydrogen) atoms. The third-order valence-corrected chi connectivity index (χ3v) is 3.47. The van der Waals surface area contributed by atoms with Crippen LogP contribution >= 0.6 is 0 Å². The van der Waals surface area contributed by atoms with Gasteiger partial charge in [-0.1, -0.05) is 0 Å². The number of ether oxygens (including phenoxy) is 1. The molecule has 2 atom stereocenters. The van der Waals surface area contributed by atoms with Crippen molar-refractivity contribution in [3.63, 3.8) is 0 Å². The minimum absolute atomic E-state index is 0.193. The molecule has 0 bridgehead atoms. The quantitative estimate of drug-likeness (QED) is 0.891. The Morgan fingerprint density at radius 3 is 2.56 bits per heavy atom. The number of nitrogens with two attached hydrogens (primary N) is 1. The van der Waals surface area contributed by atoms with Crippen molar-refractivity contribution in [3.05, 3.63) is 35.4 Å². The van der Waals surface area contributed by atoms with E-state index in [4.69, 9.17) is 10.5 Å². The number of likely N-dealkylation sites (N-methyl/N-ethyl adjacent to an activating group) is 1. The van der Waals surface area contributed by atoms with Crippen LogP contribution in [0.1, 0.15) is 18.0 Å². The highest BCUT2D eigenvalue weighted by Crippen LogP contribution is 2.25. The van der Waals surface area contributed by atoms with Crippen molar-refractivity contribution in [2.75, 3.05) is 26.8 Å². The van der Waals surface area contributed by atoms with Gasteiger partial charge in [0.1, 0.15) is 11.6 Å². The fourth-order valence-corrected chi connectivity index (χ4v) is 2.40. The summed E-state index contributed by atoms with van der Waals surface area (Å²) in [4.78, 5) is 2.04. The molecule has 1 saturated heterocycles. The summed E-state index contributed by atoms with van der Waals surface area (Å²) in [6.45, 7) is 1.69. The van der Waals surface area contributed by atoms with E-state index in [0.717, 1.165) is 19.1 Å². The zero-order chi connectivity index (χ0) is 13.1. The van der Waals surface area contributed by atoms with Gasteiger partial charge < -0.3 is 10.5 Å². The fraction of sp³-hybridized carbons (Fsp3) is 0.538. The summed E-state index contributed by atoms with van der Waals surface area (Å²) in [5.41, 5.74) is 6.32. The molecule has 3 nitrogen and oxygen atoms in total. The molecule has 0 saturated carbocycles. The lowest BCUT2D eigenvalue weighted by Gasteiger charge is -2.31. The number of hydrogen-bond donors (Lipinski definition) is 1. The summed E-state index contributed by atoms with van der Waals surface area (Å²) in [5.74, 6) is -1.14. The van der Waals surface area contributed by atoms with Gasteiger partial charge in [-0.3, -0.25) is 4.90 Å². The molecular formula is C13H18F2N2O. The monoisotopic (exact) mass is 256 g/mol. The molecule has 2 unspecified atom stereocenters. The Morgan fingerprint density at radius 2 is 2.06 bits per heavy atom. The first-order chi connectivity index (χ1) is 8.61. The van der Waals surface area contributed by atoms with Gasteiger partial charge >= 0.3 is 0 Å². The molecule has 1 heterocycles. The van der Waals surface area contributed by atoms with Crippen LogP contribution in [-0.4, -0.2) is 37.7 Å². The van der Waals surface area contributed by atoms with Crippen LogP contribution in [0.3, 0.4) is 0 Å². The first-order valence-corrected chi connectivity index (χ1v) is 6.07. The predicted molar refractivity (Wildman–Crippen MR) is 65.1 cm³/mol.